The van der Waals surface area contributed by atoms with Crippen molar-refractivity contribution in [2.75, 3.05) is 5.32 Å². The van der Waals surface area contributed by atoms with Crippen LogP contribution in [0.25, 0.3) is 10.8 Å². The lowest BCUT2D eigenvalue weighted by Crippen LogP contribution is -2.08. The predicted molar refractivity (Wildman–Crippen MR) is 92.0 cm³/mol. The van der Waals surface area contributed by atoms with Crippen LogP contribution >= 0.6 is 0 Å². The van der Waals surface area contributed by atoms with Crippen LogP contribution in [0, 0.1) is 6.92 Å². The summed E-state index contributed by atoms with van der Waals surface area (Å²) in [6.07, 6.45) is 1.69. The highest BCUT2D eigenvalue weighted by molar-refractivity contribution is 5.94. The number of halogens is 1. The Morgan fingerprint density at radius 1 is 1.09 bits per heavy atom. The van der Waals surface area contributed by atoms with Crippen LogP contribution in [0.5, 0.6) is 5.75 Å². The number of phenols is 1. The van der Waals surface area contributed by atoms with E-state index in [9.17, 15) is 9.50 Å². The number of alkyl halides is 1. The van der Waals surface area contributed by atoms with Gasteiger partial charge in [-0.3, -0.25) is 0 Å². The first kappa shape index (κ1) is 15.3. The van der Waals surface area contributed by atoms with E-state index < -0.39 is 5.67 Å². The molecule has 0 fully saturated rings. The molecule has 0 saturated carbocycles. The molecule has 1 aromatic heterocycles. The number of anilines is 2. The molecule has 3 aromatic rings. The molecule has 0 saturated heterocycles. The predicted octanol–water partition coefficient (Wildman–Crippen LogP) is 5.20. The van der Waals surface area contributed by atoms with Gasteiger partial charge >= 0.3 is 0 Å². The van der Waals surface area contributed by atoms with Gasteiger partial charge in [-0.15, -0.1) is 0 Å². The summed E-state index contributed by atoms with van der Waals surface area (Å²) in [6, 6.07) is 12.7. The second-order valence-corrected chi connectivity index (χ2v) is 6.19. The molecule has 0 radical (unpaired) electrons. The zero-order valence-corrected chi connectivity index (χ0v) is 13.4. The quantitative estimate of drug-likeness (QED) is 0.699. The summed E-state index contributed by atoms with van der Waals surface area (Å²) in [7, 11) is 0. The SMILES string of the molecule is Cc1cc2c(Nc3ccc(C(C)(C)F)cc3)nccc2cc1O. The molecule has 3 rings (SSSR count). The smallest absolute Gasteiger partial charge is 0.138 e. The molecule has 2 N–H and O–H groups in total. The Labute approximate surface area is 134 Å². The van der Waals surface area contributed by atoms with E-state index in [2.05, 4.69) is 10.3 Å². The van der Waals surface area contributed by atoms with Crippen molar-refractivity contribution in [2.24, 2.45) is 0 Å². The molecule has 0 aliphatic carbocycles. The normalized spacial score (nSPS) is 11.7. The van der Waals surface area contributed by atoms with Crippen molar-refractivity contribution in [1.29, 1.82) is 0 Å². The number of aryl methyl sites for hydroxylation is 1. The molecule has 0 amide bonds. The first-order chi connectivity index (χ1) is 10.8. The van der Waals surface area contributed by atoms with E-state index in [1.807, 2.05) is 31.2 Å². The van der Waals surface area contributed by atoms with E-state index in [4.69, 9.17) is 0 Å². The molecule has 2 aromatic carbocycles. The van der Waals surface area contributed by atoms with Gasteiger partial charge in [-0.2, -0.15) is 0 Å². The van der Waals surface area contributed by atoms with Crippen molar-refractivity contribution in [3.05, 3.63) is 59.8 Å². The van der Waals surface area contributed by atoms with Crippen molar-refractivity contribution in [1.82, 2.24) is 4.98 Å². The number of nitrogens with zero attached hydrogens (tertiary/aromatic N) is 1. The van der Waals surface area contributed by atoms with Crippen LogP contribution in [-0.2, 0) is 5.67 Å². The van der Waals surface area contributed by atoms with Crippen LogP contribution in [-0.4, -0.2) is 10.1 Å². The fourth-order valence-corrected chi connectivity index (χ4v) is 2.50. The van der Waals surface area contributed by atoms with Crippen LogP contribution in [0.2, 0.25) is 0 Å². The van der Waals surface area contributed by atoms with Crippen molar-refractivity contribution in [3.8, 4) is 5.75 Å². The van der Waals surface area contributed by atoms with E-state index in [0.29, 0.717) is 11.4 Å². The van der Waals surface area contributed by atoms with Crippen LogP contribution in [0.15, 0.2) is 48.7 Å². The number of aromatic hydroxyl groups is 1. The molecule has 0 aliphatic rings. The van der Waals surface area contributed by atoms with Gasteiger partial charge in [0.1, 0.15) is 17.2 Å². The van der Waals surface area contributed by atoms with Gasteiger partial charge in [-0.1, -0.05) is 12.1 Å². The summed E-state index contributed by atoms with van der Waals surface area (Å²) >= 11 is 0. The Morgan fingerprint density at radius 2 is 1.78 bits per heavy atom. The topological polar surface area (TPSA) is 45.2 Å². The lowest BCUT2D eigenvalue weighted by molar-refractivity contribution is 0.221. The summed E-state index contributed by atoms with van der Waals surface area (Å²) in [5.74, 6) is 0.974. The van der Waals surface area contributed by atoms with Crippen molar-refractivity contribution in [3.63, 3.8) is 0 Å². The molecule has 1 heterocycles. The van der Waals surface area contributed by atoms with Gasteiger partial charge in [-0.25, -0.2) is 9.37 Å². The van der Waals surface area contributed by atoms with Gasteiger partial charge in [0.15, 0.2) is 0 Å². The largest absolute Gasteiger partial charge is 0.508 e. The Kier molecular flexibility index (Phi) is 3.68. The van der Waals surface area contributed by atoms with Gasteiger partial charge in [0, 0.05) is 17.3 Å². The minimum Gasteiger partial charge on any atom is -0.508 e. The van der Waals surface area contributed by atoms with Crippen LogP contribution in [0.4, 0.5) is 15.9 Å². The molecular formula is C19H19FN2O. The monoisotopic (exact) mass is 310 g/mol. The number of pyridine rings is 1. The Morgan fingerprint density at radius 3 is 2.43 bits per heavy atom. The highest BCUT2D eigenvalue weighted by atomic mass is 19.1. The van der Waals surface area contributed by atoms with Crippen LogP contribution in [0.3, 0.4) is 0 Å². The second kappa shape index (κ2) is 5.54. The molecule has 0 atom stereocenters. The number of hydrogen-bond acceptors (Lipinski definition) is 3. The zero-order chi connectivity index (χ0) is 16.6. The van der Waals surface area contributed by atoms with Crippen molar-refractivity contribution in [2.45, 2.75) is 26.4 Å². The maximum atomic E-state index is 13.9. The molecule has 0 bridgehead atoms. The summed E-state index contributed by atoms with van der Waals surface area (Å²) in [6.45, 7) is 4.93. The molecule has 118 valence electrons. The Bertz CT molecular complexity index is 852. The summed E-state index contributed by atoms with van der Waals surface area (Å²) in [5.41, 5.74) is 0.909. The van der Waals surface area contributed by atoms with E-state index >= 15 is 0 Å². The number of fused-ring (bicyclic) bond motifs is 1. The average Bonchev–Trinajstić information content (AvgIpc) is 2.49. The maximum Gasteiger partial charge on any atom is 0.138 e. The third-order valence-electron chi connectivity index (χ3n) is 3.92. The molecule has 0 unspecified atom stereocenters. The second-order valence-electron chi connectivity index (χ2n) is 6.19. The first-order valence-electron chi connectivity index (χ1n) is 7.49. The molecule has 0 aliphatic heterocycles. The third kappa shape index (κ3) is 3.11. The highest BCUT2D eigenvalue weighted by Crippen LogP contribution is 2.31. The number of benzene rings is 2. The van der Waals surface area contributed by atoms with E-state index in [1.54, 1.807) is 24.4 Å². The van der Waals surface area contributed by atoms with Gasteiger partial charge in [0.25, 0.3) is 0 Å². The minimum absolute atomic E-state index is 0.268. The fraction of sp³-hybridized carbons (Fsp3) is 0.211. The maximum absolute atomic E-state index is 13.9. The lowest BCUT2D eigenvalue weighted by atomic mass is 10.00. The number of nitrogens with one attached hydrogen (secondary N) is 1. The molecular weight excluding hydrogens is 291 g/mol. The molecule has 0 spiro atoms. The van der Waals surface area contributed by atoms with Gasteiger partial charge < -0.3 is 10.4 Å². The molecule has 23 heavy (non-hydrogen) atoms. The number of phenolic OH excluding ortho intramolecular Hbond substituents is 1. The minimum atomic E-state index is -1.36. The van der Waals surface area contributed by atoms with E-state index in [1.165, 1.54) is 13.8 Å². The fourth-order valence-electron chi connectivity index (χ4n) is 2.50. The summed E-state index contributed by atoms with van der Waals surface area (Å²) in [5, 5.41) is 14.9. The zero-order valence-electron chi connectivity index (χ0n) is 13.4. The Balaban J connectivity index is 1.97. The third-order valence-corrected chi connectivity index (χ3v) is 3.92. The standard InChI is InChI=1S/C19H19FN2O/c1-12-10-16-13(11-17(12)23)8-9-21-18(16)22-15-6-4-14(5-7-15)19(2,3)20/h4-11,23H,1-3H3,(H,21,22). The number of aromatic nitrogens is 1. The van der Waals surface area contributed by atoms with Gasteiger partial charge in [-0.05, 0) is 67.6 Å². The van der Waals surface area contributed by atoms with E-state index in [-0.39, 0.29) is 5.75 Å². The van der Waals surface area contributed by atoms with Crippen LogP contribution < -0.4 is 5.32 Å². The van der Waals surface area contributed by atoms with Crippen LogP contribution in [0.1, 0.15) is 25.0 Å². The first-order valence-corrected chi connectivity index (χ1v) is 7.49. The molecule has 3 nitrogen and oxygen atoms in total. The van der Waals surface area contributed by atoms with Crippen molar-refractivity contribution >= 4 is 22.3 Å². The lowest BCUT2D eigenvalue weighted by Gasteiger charge is -2.15. The van der Waals surface area contributed by atoms with Gasteiger partial charge in [0.05, 0.1) is 0 Å². The molecule has 4 heteroatoms. The van der Waals surface area contributed by atoms with Crippen molar-refractivity contribution < 1.29 is 9.50 Å². The van der Waals surface area contributed by atoms with E-state index in [0.717, 1.165) is 22.0 Å². The highest BCUT2D eigenvalue weighted by Gasteiger charge is 2.18. The number of hydrogen-bond donors (Lipinski definition) is 2. The summed E-state index contributed by atoms with van der Waals surface area (Å²) < 4.78 is 13.9. The number of rotatable bonds is 3. The van der Waals surface area contributed by atoms with Gasteiger partial charge in [0.2, 0.25) is 0 Å². The average molecular weight is 310 g/mol. The Hall–Kier alpha value is -2.62. The summed E-state index contributed by atoms with van der Waals surface area (Å²) in [4.78, 5) is 4.38.